The molecule has 4 heteroatoms. The summed E-state index contributed by atoms with van der Waals surface area (Å²) >= 11 is 6.19. The molecule has 15 heavy (non-hydrogen) atoms. The van der Waals surface area contributed by atoms with Gasteiger partial charge in [0.05, 0.1) is 5.69 Å². The highest BCUT2D eigenvalue weighted by atomic mass is 35.5. The molecule has 1 N–H and O–H groups in total. The summed E-state index contributed by atoms with van der Waals surface area (Å²) in [5.41, 5.74) is 2.19. The van der Waals surface area contributed by atoms with Gasteiger partial charge in [-0.15, -0.1) is 0 Å². The number of aryl methyl sites for hydroxylation is 2. The maximum absolute atomic E-state index is 6.19. The molecule has 0 saturated carbocycles. The van der Waals surface area contributed by atoms with E-state index in [1.54, 1.807) is 4.68 Å². The van der Waals surface area contributed by atoms with Crippen LogP contribution in [0.15, 0.2) is 0 Å². The van der Waals surface area contributed by atoms with Gasteiger partial charge in [0.1, 0.15) is 5.15 Å². The van der Waals surface area contributed by atoms with Gasteiger partial charge in [-0.05, 0) is 26.3 Å². The van der Waals surface area contributed by atoms with Gasteiger partial charge in [-0.2, -0.15) is 5.10 Å². The fourth-order valence-electron chi connectivity index (χ4n) is 1.80. The standard InChI is InChI=1S/C11H20ClN3/c1-7(2)10(13-4)6-9-8(3)14-15(5)11(9)12/h7,10,13H,6H2,1-5H3. The van der Waals surface area contributed by atoms with Crippen LogP contribution in [0.2, 0.25) is 5.15 Å². The van der Waals surface area contributed by atoms with Crippen LogP contribution < -0.4 is 5.32 Å². The van der Waals surface area contributed by atoms with E-state index in [2.05, 4.69) is 24.3 Å². The van der Waals surface area contributed by atoms with Crippen LogP contribution in [-0.4, -0.2) is 22.9 Å². The first kappa shape index (κ1) is 12.5. The molecular weight excluding hydrogens is 210 g/mol. The van der Waals surface area contributed by atoms with E-state index in [0.717, 1.165) is 22.8 Å². The van der Waals surface area contributed by atoms with Crippen molar-refractivity contribution in [3.05, 3.63) is 16.4 Å². The molecule has 0 radical (unpaired) electrons. The van der Waals surface area contributed by atoms with Crippen LogP contribution >= 0.6 is 11.6 Å². The molecule has 0 saturated heterocycles. The summed E-state index contributed by atoms with van der Waals surface area (Å²) in [7, 11) is 3.87. The lowest BCUT2D eigenvalue weighted by Gasteiger charge is -2.19. The molecule has 1 heterocycles. The fraction of sp³-hybridized carbons (Fsp3) is 0.727. The van der Waals surface area contributed by atoms with Crippen molar-refractivity contribution in [2.75, 3.05) is 7.05 Å². The summed E-state index contributed by atoms with van der Waals surface area (Å²) in [6.07, 6.45) is 0.937. The van der Waals surface area contributed by atoms with Crippen molar-refractivity contribution >= 4 is 11.6 Å². The molecule has 0 aliphatic rings. The number of nitrogens with zero attached hydrogens (tertiary/aromatic N) is 2. The molecular formula is C11H20ClN3. The smallest absolute Gasteiger partial charge is 0.130 e. The van der Waals surface area contributed by atoms with Gasteiger partial charge in [-0.25, -0.2) is 0 Å². The number of hydrogen-bond donors (Lipinski definition) is 1. The number of aromatic nitrogens is 2. The third kappa shape index (κ3) is 2.73. The Labute approximate surface area is 96.8 Å². The van der Waals surface area contributed by atoms with Crippen molar-refractivity contribution in [1.29, 1.82) is 0 Å². The third-order valence-electron chi connectivity index (χ3n) is 2.87. The minimum absolute atomic E-state index is 0.449. The Hall–Kier alpha value is -0.540. The second-order valence-electron chi connectivity index (χ2n) is 4.32. The molecule has 1 unspecified atom stereocenters. The van der Waals surface area contributed by atoms with E-state index < -0.39 is 0 Å². The average Bonchev–Trinajstić information content (AvgIpc) is 2.39. The molecule has 1 aromatic rings. The molecule has 0 fully saturated rings. The summed E-state index contributed by atoms with van der Waals surface area (Å²) in [6, 6.07) is 0.449. The van der Waals surface area contributed by atoms with Gasteiger partial charge in [0.25, 0.3) is 0 Å². The Morgan fingerprint density at radius 3 is 2.40 bits per heavy atom. The summed E-state index contributed by atoms with van der Waals surface area (Å²) in [5.74, 6) is 0.589. The molecule has 0 aliphatic carbocycles. The molecule has 86 valence electrons. The largest absolute Gasteiger partial charge is 0.316 e. The summed E-state index contributed by atoms with van der Waals surface area (Å²) in [6.45, 7) is 6.43. The molecule has 1 rings (SSSR count). The van der Waals surface area contributed by atoms with E-state index >= 15 is 0 Å². The fourth-order valence-corrected chi connectivity index (χ4v) is 2.05. The predicted octanol–water partition coefficient (Wildman–Crippen LogP) is 2.17. The van der Waals surface area contributed by atoms with Crippen molar-refractivity contribution in [1.82, 2.24) is 15.1 Å². The number of hydrogen-bond acceptors (Lipinski definition) is 2. The van der Waals surface area contributed by atoms with Gasteiger partial charge < -0.3 is 5.32 Å². The van der Waals surface area contributed by atoms with Crippen molar-refractivity contribution in [2.45, 2.75) is 33.2 Å². The van der Waals surface area contributed by atoms with E-state index in [-0.39, 0.29) is 0 Å². The van der Waals surface area contributed by atoms with Gasteiger partial charge in [-0.1, -0.05) is 25.4 Å². The highest BCUT2D eigenvalue weighted by Crippen LogP contribution is 2.21. The highest BCUT2D eigenvalue weighted by Gasteiger charge is 2.18. The Morgan fingerprint density at radius 2 is 2.07 bits per heavy atom. The first-order chi connectivity index (χ1) is 6.97. The molecule has 0 aliphatic heterocycles. The quantitative estimate of drug-likeness (QED) is 0.858. The van der Waals surface area contributed by atoms with E-state index in [1.807, 2.05) is 21.0 Å². The summed E-state index contributed by atoms with van der Waals surface area (Å²) in [5, 5.41) is 8.39. The molecule has 0 aromatic carbocycles. The Bertz CT molecular complexity index is 331. The summed E-state index contributed by atoms with van der Waals surface area (Å²) < 4.78 is 1.74. The van der Waals surface area contributed by atoms with Crippen molar-refractivity contribution in [3.63, 3.8) is 0 Å². The van der Waals surface area contributed by atoms with E-state index in [9.17, 15) is 0 Å². The second kappa shape index (κ2) is 4.99. The van der Waals surface area contributed by atoms with E-state index in [0.29, 0.717) is 12.0 Å². The zero-order chi connectivity index (χ0) is 11.6. The van der Waals surface area contributed by atoms with Crippen molar-refractivity contribution in [2.24, 2.45) is 13.0 Å². The topological polar surface area (TPSA) is 29.9 Å². The first-order valence-corrected chi connectivity index (χ1v) is 5.70. The van der Waals surface area contributed by atoms with E-state index in [4.69, 9.17) is 11.6 Å². The SMILES string of the molecule is CNC(Cc1c(C)nn(C)c1Cl)C(C)C. The van der Waals surface area contributed by atoms with Crippen LogP contribution in [0.4, 0.5) is 0 Å². The second-order valence-corrected chi connectivity index (χ2v) is 4.68. The van der Waals surface area contributed by atoms with Gasteiger partial charge in [0.15, 0.2) is 0 Å². The molecule has 0 bridgehead atoms. The van der Waals surface area contributed by atoms with Crippen molar-refractivity contribution < 1.29 is 0 Å². The van der Waals surface area contributed by atoms with Gasteiger partial charge in [0, 0.05) is 18.7 Å². The van der Waals surface area contributed by atoms with Crippen LogP contribution in [0, 0.1) is 12.8 Å². The lowest BCUT2D eigenvalue weighted by molar-refractivity contribution is 0.424. The first-order valence-electron chi connectivity index (χ1n) is 5.32. The number of halogens is 1. The average molecular weight is 230 g/mol. The van der Waals surface area contributed by atoms with Gasteiger partial charge in [0.2, 0.25) is 0 Å². The van der Waals surface area contributed by atoms with Gasteiger partial charge >= 0.3 is 0 Å². The maximum Gasteiger partial charge on any atom is 0.130 e. The summed E-state index contributed by atoms with van der Waals surface area (Å²) in [4.78, 5) is 0. The minimum Gasteiger partial charge on any atom is -0.316 e. The minimum atomic E-state index is 0.449. The third-order valence-corrected chi connectivity index (χ3v) is 3.34. The van der Waals surface area contributed by atoms with Gasteiger partial charge in [-0.3, -0.25) is 4.68 Å². The Balaban J connectivity index is 2.88. The number of likely N-dealkylation sites (N-methyl/N-ethyl adjacent to an activating group) is 1. The Morgan fingerprint density at radius 1 is 1.47 bits per heavy atom. The zero-order valence-corrected chi connectivity index (χ0v) is 10.9. The lowest BCUT2D eigenvalue weighted by Crippen LogP contribution is -2.32. The van der Waals surface area contributed by atoms with Crippen LogP contribution in [-0.2, 0) is 13.5 Å². The monoisotopic (exact) mass is 229 g/mol. The molecule has 1 atom stereocenters. The number of rotatable bonds is 4. The van der Waals surface area contributed by atoms with E-state index in [1.165, 1.54) is 0 Å². The Kier molecular flexibility index (Phi) is 4.17. The molecule has 1 aromatic heterocycles. The predicted molar refractivity (Wildman–Crippen MR) is 64.3 cm³/mol. The maximum atomic E-state index is 6.19. The zero-order valence-electron chi connectivity index (χ0n) is 10.1. The molecule has 3 nitrogen and oxygen atoms in total. The van der Waals surface area contributed by atoms with Crippen molar-refractivity contribution in [3.8, 4) is 0 Å². The van der Waals surface area contributed by atoms with Crippen LogP contribution in [0.1, 0.15) is 25.1 Å². The normalized spacial score (nSPS) is 13.5. The number of nitrogens with one attached hydrogen (secondary N) is 1. The van der Waals surface area contributed by atoms with Crippen LogP contribution in [0.3, 0.4) is 0 Å². The lowest BCUT2D eigenvalue weighted by atomic mass is 9.97. The van der Waals surface area contributed by atoms with Crippen LogP contribution in [0.25, 0.3) is 0 Å². The highest BCUT2D eigenvalue weighted by molar-refractivity contribution is 6.30. The molecule has 0 amide bonds. The van der Waals surface area contributed by atoms with Crippen LogP contribution in [0.5, 0.6) is 0 Å². The molecule has 0 spiro atoms.